The lowest BCUT2D eigenvalue weighted by Crippen LogP contribution is -2.06. The molecule has 0 radical (unpaired) electrons. The van der Waals surface area contributed by atoms with Crippen LogP contribution in [0, 0.1) is 0 Å². The molecule has 0 aliphatic carbocycles. The first-order chi connectivity index (χ1) is 12.3. The standard InChI is InChI=1S/C18H14N4O3/c1-24-18(23)13-8-15(16-5-3-7-25-16)21-17-14(13)10-20-22(17)11-12-4-2-6-19-9-12/h2-10H,11H2,1H3. The molecule has 0 N–H and O–H groups in total. The molecule has 4 aromatic heterocycles. The molecule has 0 bridgehead atoms. The number of hydrogen-bond acceptors (Lipinski definition) is 6. The molecule has 124 valence electrons. The molecule has 0 saturated heterocycles. The highest BCUT2D eigenvalue weighted by Crippen LogP contribution is 2.26. The maximum absolute atomic E-state index is 12.2. The minimum absolute atomic E-state index is 0.399. The number of carbonyl (C=O) groups excluding carboxylic acids is 1. The Hall–Kier alpha value is -3.48. The Balaban J connectivity index is 1.88. The van der Waals surface area contributed by atoms with Crippen molar-refractivity contribution in [2.75, 3.05) is 7.11 Å². The van der Waals surface area contributed by atoms with Crippen molar-refractivity contribution in [3.63, 3.8) is 0 Å². The van der Waals surface area contributed by atoms with Gasteiger partial charge in [0.15, 0.2) is 11.4 Å². The van der Waals surface area contributed by atoms with Crippen LogP contribution in [0.4, 0.5) is 0 Å². The van der Waals surface area contributed by atoms with Gasteiger partial charge in [-0.1, -0.05) is 6.07 Å². The van der Waals surface area contributed by atoms with Gasteiger partial charge in [0.05, 0.1) is 37.1 Å². The van der Waals surface area contributed by atoms with Gasteiger partial charge in [0.2, 0.25) is 0 Å². The van der Waals surface area contributed by atoms with Crippen LogP contribution < -0.4 is 0 Å². The van der Waals surface area contributed by atoms with Crippen LogP contribution in [0.1, 0.15) is 15.9 Å². The highest BCUT2D eigenvalue weighted by atomic mass is 16.5. The van der Waals surface area contributed by atoms with E-state index in [2.05, 4.69) is 15.1 Å². The molecule has 0 aliphatic heterocycles. The van der Waals surface area contributed by atoms with E-state index < -0.39 is 5.97 Å². The zero-order chi connectivity index (χ0) is 17.2. The van der Waals surface area contributed by atoms with E-state index in [4.69, 9.17) is 9.15 Å². The topological polar surface area (TPSA) is 83.0 Å². The quantitative estimate of drug-likeness (QED) is 0.534. The number of fused-ring (bicyclic) bond motifs is 1. The SMILES string of the molecule is COC(=O)c1cc(-c2ccco2)nc2c1cnn2Cc1cccnc1. The average molecular weight is 334 g/mol. The molecule has 0 unspecified atom stereocenters. The van der Waals surface area contributed by atoms with Crippen molar-refractivity contribution >= 4 is 17.0 Å². The fraction of sp³-hybridized carbons (Fsp3) is 0.111. The number of pyridine rings is 2. The first-order valence-corrected chi connectivity index (χ1v) is 7.64. The van der Waals surface area contributed by atoms with Gasteiger partial charge in [-0.15, -0.1) is 0 Å². The van der Waals surface area contributed by atoms with E-state index in [1.807, 2.05) is 12.1 Å². The number of furan rings is 1. The van der Waals surface area contributed by atoms with Gasteiger partial charge in [-0.3, -0.25) is 4.98 Å². The summed E-state index contributed by atoms with van der Waals surface area (Å²) in [5, 5.41) is 5.01. The minimum atomic E-state index is -0.443. The predicted molar refractivity (Wildman–Crippen MR) is 89.9 cm³/mol. The van der Waals surface area contributed by atoms with Gasteiger partial charge in [-0.05, 0) is 29.8 Å². The van der Waals surface area contributed by atoms with Crippen molar-refractivity contribution in [2.45, 2.75) is 6.54 Å². The van der Waals surface area contributed by atoms with Gasteiger partial charge in [0.1, 0.15) is 5.69 Å². The Labute approximate surface area is 142 Å². The summed E-state index contributed by atoms with van der Waals surface area (Å²) < 4.78 is 12.0. The number of hydrogen-bond donors (Lipinski definition) is 0. The Bertz CT molecular complexity index is 1020. The van der Waals surface area contributed by atoms with Gasteiger partial charge >= 0.3 is 5.97 Å². The van der Waals surface area contributed by atoms with E-state index in [0.717, 1.165) is 5.56 Å². The van der Waals surface area contributed by atoms with E-state index in [0.29, 0.717) is 34.6 Å². The zero-order valence-electron chi connectivity index (χ0n) is 13.4. The third kappa shape index (κ3) is 2.76. The number of aromatic nitrogens is 4. The van der Waals surface area contributed by atoms with Crippen molar-refractivity contribution in [3.05, 3.63) is 66.3 Å². The number of methoxy groups -OCH3 is 1. The minimum Gasteiger partial charge on any atom is -0.465 e. The maximum Gasteiger partial charge on any atom is 0.338 e. The molecule has 0 aromatic carbocycles. The molecule has 25 heavy (non-hydrogen) atoms. The summed E-state index contributed by atoms with van der Waals surface area (Å²) in [6, 6.07) is 9.03. The molecule has 4 heterocycles. The van der Waals surface area contributed by atoms with E-state index >= 15 is 0 Å². The third-order valence-electron chi connectivity index (χ3n) is 3.84. The molecular weight excluding hydrogens is 320 g/mol. The molecule has 0 amide bonds. The summed E-state index contributed by atoms with van der Waals surface area (Å²) in [5.41, 5.74) is 2.51. The second kappa shape index (κ2) is 6.20. The summed E-state index contributed by atoms with van der Waals surface area (Å²) >= 11 is 0. The molecule has 0 fully saturated rings. The summed E-state index contributed by atoms with van der Waals surface area (Å²) in [5.74, 6) is 0.127. The van der Waals surface area contributed by atoms with Crippen molar-refractivity contribution in [1.29, 1.82) is 0 Å². The normalized spacial score (nSPS) is 10.9. The Kier molecular flexibility index (Phi) is 3.74. The smallest absolute Gasteiger partial charge is 0.338 e. The molecular formula is C18H14N4O3. The van der Waals surface area contributed by atoms with Crippen LogP contribution in [0.5, 0.6) is 0 Å². The van der Waals surface area contributed by atoms with E-state index in [1.54, 1.807) is 47.7 Å². The average Bonchev–Trinajstić information content (AvgIpc) is 3.32. The van der Waals surface area contributed by atoms with Gasteiger partial charge < -0.3 is 9.15 Å². The number of carbonyl (C=O) groups is 1. The van der Waals surface area contributed by atoms with Crippen LogP contribution in [-0.2, 0) is 11.3 Å². The lowest BCUT2D eigenvalue weighted by atomic mass is 10.1. The molecule has 0 atom stereocenters. The van der Waals surface area contributed by atoms with E-state index in [1.165, 1.54) is 7.11 Å². The predicted octanol–water partition coefficient (Wildman–Crippen LogP) is 2.92. The van der Waals surface area contributed by atoms with Gasteiger partial charge in [0.25, 0.3) is 0 Å². The van der Waals surface area contributed by atoms with Crippen LogP contribution in [0.3, 0.4) is 0 Å². The first kappa shape index (κ1) is 15.1. The number of nitrogens with zero attached hydrogens (tertiary/aromatic N) is 4. The van der Waals surface area contributed by atoms with E-state index in [9.17, 15) is 4.79 Å². The lowest BCUT2D eigenvalue weighted by Gasteiger charge is -2.06. The molecule has 4 aromatic rings. The summed E-state index contributed by atoms with van der Waals surface area (Å²) in [7, 11) is 1.35. The maximum atomic E-state index is 12.2. The molecule has 7 heteroatoms. The van der Waals surface area contributed by atoms with Crippen LogP contribution in [-0.4, -0.2) is 32.8 Å². The number of ether oxygens (including phenoxy) is 1. The van der Waals surface area contributed by atoms with Gasteiger partial charge in [-0.2, -0.15) is 5.10 Å². The lowest BCUT2D eigenvalue weighted by molar-refractivity contribution is 0.0603. The van der Waals surface area contributed by atoms with Crippen LogP contribution >= 0.6 is 0 Å². The number of esters is 1. The van der Waals surface area contributed by atoms with Gasteiger partial charge in [-0.25, -0.2) is 14.5 Å². The first-order valence-electron chi connectivity index (χ1n) is 7.64. The summed E-state index contributed by atoms with van der Waals surface area (Å²) in [6.07, 6.45) is 6.67. The van der Waals surface area contributed by atoms with Crippen LogP contribution in [0.15, 0.2) is 59.6 Å². The van der Waals surface area contributed by atoms with Crippen molar-refractivity contribution in [2.24, 2.45) is 0 Å². The third-order valence-corrected chi connectivity index (χ3v) is 3.84. The highest BCUT2D eigenvalue weighted by Gasteiger charge is 2.19. The fourth-order valence-corrected chi connectivity index (χ4v) is 2.66. The Morgan fingerprint density at radius 1 is 1.28 bits per heavy atom. The van der Waals surface area contributed by atoms with Crippen LogP contribution in [0.25, 0.3) is 22.5 Å². The van der Waals surface area contributed by atoms with Crippen molar-refractivity contribution in [1.82, 2.24) is 19.7 Å². The molecule has 7 nitrogen and oxygen atoms in total. The molecule has 0 saturated carbocycles. The Morgan fingerprint density at radius 3 is 2.92 bits per heavy atom. The fourth-order valence-electron chi connectivity index (χ4n) is 2.66. The second-order valence-corrected chi connectivity index (χ2v) is 5.42. The highest BCUT2D eigenvalue weighted by molar-refractivity contribution is 6.03. The monoisotopic (exact) mass is 334 g/mol. The molecule has 4 rings (SSSR count). The van der Waals surface area contributed by atoms with Crippen molar-refractivity contribution < 1.29 is 13.9 Å². The Morgan fingerprint density at radius 2 is 2.20 bits per heavy atom. The van der Waals surface area contributed by atoms with E-state index in [-0.39, 0.29) is 0 Å². The van der Waals surface area contributed by atoms with Gasteiger partial charge in [0, 0.05) is 12.4 Å². The molecule has 0 aliphatic rings. The molecule has 0 spiro atoms. The second-order valence-electron chi connectivity index (χ2n) is 5.42. The zero-order valence-corrected chi connectivity index (χ0v) is 13.4. The summed E-state index contributed by atoms with van der Waals surface area (Å²) in [6.45, 7) is 0.493. The van der Waals surface area contributed by atoms with Crippen molar-refractivity contribution in [3.8, 4) is 11.5 Å². The summed E-state index contributed by atoms with van der Waals surface area (Å²) in [4.78, 5) is 20.9. The van der Waals surface area contributed by atoms with Crippen LogP contribution in [0.2, 0.25) is 0 Å². The number of rotatable bonds is 4. The largest absolute Gasteiger partial charge is 0.465 e.